The molecule has 0 aliphatic carbocycles. The average molecular weight is 448 g/mol. The zero-order chi connectivity index (χ0) is 23.4. The van der Waals surface area contributed by atoms with Crippen molar-refractivity contribution in [1.29, 1.82) is 0 Å². The van der Waals surface area contributed by atoms with Gasteiger partial charge in [-0.05, 0) is 17.7 Å². The largest absolute Gasteiger partial charge is 0.493 e. The van der Waals surface area contributed by atoms with E-state index in [9.17, 15) is 4.79 Å². The van der Waals surface area contributed by atoms with Crippen LogP contribution in [0.4, 0.5) is 5.95 Å². The van der Waals surface area contributed by atoms with E-state index in [0.29, 0.717) is 35.5 Å². The second kappa shape index (κ2) is 9.53. The number of hydroxylamine groups is 2. The number of anilines is 1. The molecule has 0 aliphatic rings. The van der Waals surface area contributed by atoms with E-state index in [1.165, 1.54) is 24.9 Å². The second-order valence-corrected chi connectivity index (χ2v) is 7.06. The van der Waals surface area contributed by atoms with Gasteiger partial charge < -0.3 is 14.8 Å². The Kier molecular flexibility index (Phi) is 6.36. The molecule has 33 heavy (non-hydrogen) atoms. The van der Waals surface area contributed by atoms with Crippen molar-refractivity contribution in [1.82, 2.24) is 24.6 Å². The summed E-state index contributed by atoms with van der Waals surface area (Å²) in [5.41, 5.74) is 2.41. The van der Waals surface area contributed by atoms with Gasteiger partial charge in [0, 0.05) is 25.4 Å². The minimum absolute atomic E-state index is 0.269. The molecule has 0 aliphatic heterocycles. The highest BCUT2D eigenvalue weighted by molar-refractivity contribution is 5.99. The maximum Gasteiger partial charge on any atom is 0.282 e. The van der Waals surface area contributed by atoms with Gasteiger partial charge in [-0.3, -0.25) is 9.63 Å². The lowest BCUT2D eigenvalue weighted by molar-refractivity contribution is -0.0756. The van der Waals surface area contributed by atoms with Crippen molar-refractivity contribution in [3.8, 4) is 22.9 Å². The summed E-state index contributed by atoms with van der Waals surface area (Å²) in [5.74, 6) is 1.81. The Morgan fingerprint density at radius 1 is 1.06 bits per heavy atom. The molecule has 10 heteroatoms. The van der Waals surface area contributed by atoms with Crippen LogP contribution >= 0.6 is 0 Å². The molecular weight excluding hydrogens is 424 g/mol. The van der Waals surface area contributed by atoms with Crippen molar-refractivity contribution in [3.63, 3.8) is 0 Å². The Labute approximate surface area is 190 Å². The van der Waals surface area contributed by atoms with Crippen molar-refractivity contribution < 1.29 is 19.1 Å². The number of nitrogens with zero attached hydrogens (tertiary/aromatic N) is 5. The van der Waals surface area contributed by atoms with Crippen molar-refractivity contribution in [2.24, 2.45) is 0 Å². The molecule has 4 aromatic rings. The van der Waals surface area contributed by atoms with Crippen LogP contribution in [0.3, 0.4) is 0 Å². The van der Waals surface area contributed by atoms with Gasteiger partial charge in [-0.2, -0.15) is 4.52 Å². The third kappa shape index (κ3) is 4.41. The van der Waals surface area contributed by atoms with E-state index >= 15 is 0 Å². The SMILES string of the molecule is COc1ccc(CNc2ncc(C(=O)N(C)OC)c3nc(-c4ccccc4)nn23)cc1OC. The van der Waals surface area contributed by atoms with Crippen LogP contribution in [0, 0.1) is 0 Å². The van der Waals surface area contributed by atoms with Gasteiger partial charge in [0.15, 0.2) is 23.0 Å². The number of aromatic nitrogens is 4. The molecular formula is C23H24N6O4. The van der Waals surface area contributed by atoms with Crippen LogP contribution < -0.4 is 14.8 Å². The summed E-state index contributed by atoms with van der Waals surface area (Å²) >= 11 is 0. The first-order valence-corrected chi connectivity index (χ1v) is 10.1. The molecule has 0 spiro atoms. The molecule has 0 fully saturated rings. The number of hydrogen-bond donors (Lipinski definition) is 1. The van der Waals surface area contributed by atoms with E-state index in [4.69, 9.17) is 14.3 Å². The number of fused-ring (bicyclic) bond motifs is 1. The van der Waals surface area contributed by atoms with Crippen LogP contribution in [0.2, 0.25) is 0 Å². The molecule has 0 saturated carbocycles. The molecule has 2 aromatic carbocycles. The molecule has 170 valence electrons. The molecule has 1 N–H and O–H groups in total. The van der Waals surface area contributed by atoms with Gasteiger partial charge in [-0.15, -0.1) is 5.10 Å². The number of hydrogen-bond acceptors (Lipinski definition) is 8. The summed E-state index contributed by atoms with van der Waals surface area (Å²) < 4.78 is 12.2. The van der Waals surface area contributed by atoms with E-state index in [1.807, 2.05) is 48.5 Å². The smallest absolute Gasteiger partial charge is 0.282 e. The summed E-state index contributed by atoms with van der Waals surface area (Å²) in [4.78, 5) is 26.9. The maximum absolute atomic E-state index is 12.8. The normalized spacial score (nSPS) is 10.8. The van der Waals surface area contributed by atoms with E-state index in [2.05, 4.69) is 20.4 Å². The van der Waals surface area contributed by atoms with Crippen LogP contribution in [-0.2, 0) is 11.4 Å². The van der Waals surface area contributed by atoms with Gasteiger partial charge in [0.1, 0.15) is 5.56 Å². The predicted octanol–water partition coefficient (Wildman–Crippen LogP) is 3.05. The Bertz CT molecular complexity index is 1270. The minimum Gasteiger partial charge on any atom is -0.493 e. The Morgan fingerprint density at radius 2 is 1.82 bits per heavy atom. The fraction of sp³-hybridized carbons (Fsp3) is 0.217. The quantitative estimate of drug-likeness (QED) is 0.410. The summed E-state index contributed by atoms with van der Waals surface area (Å²) in [5, 5.41) is 8.99. The Hall–Kier alpha value is -4.18. The third-order valence-electron chi connectivity index (χ3n) is 5.09. The fourth-order valence-electron chi connectivity index (χ4n) is 3.28. The van der Waals surface area contributed by atoms with Crippen LogP contribution in [0.25, 0.3) is 17.0 Å². The molecule has 2 aromatic heterocycles. The standard InChI is InChI=1S/C23H24N6O4/c1-28(33-4)22(30)17-14-25-23(24-13-15-10-11-18(31-2)19(12-15)32-3)29-21(17)26-20(27-29)16-8-6-5-7-9-16/h5-12,14H,13H2,1-4H3,(H,24,25). The molecule has 4 rings (SSSR count). The van der Waals surface area contributed by atoms with Gasteiger partial charge in [-0.25, -0.2) is 15.0 Å². The van der Waals surface area contributed by atoms with E-state index in [1.54, 1.807) is 14.2 Å². The van der Waals surface area contributed by atoms with E-state index in [-0.39, 0.29) is 11.5 Å². The highest BCUT2D eigenvalue weighted by Crippen LogP contribution is 2.28. The Balaban J connectivity index is 1.72. The Morgan fingerprint density at radius 3 is 2.52 bits per heavy atom. The van der Waals surface area contributed by atoms with E-state index < -0.39 is 0 Å². The lowest BCUT2D eigenvalue weighted by Crippen LogP contribution is -2.26. The molecule has 0 saturated heterocycles. The summed E-state index contributed by atoms with van der Waals surface area (Å²) in [6.07, 6.45) is 1.47. The molecule has 0 unspecified atom stereocenters. The monoisotopic (exact) mass is 448 g/mol. The highest BCUT2D eigenvalue weighted by atomic mass is 16.7. The molecule has 0 radical (unpaired) electrons. The molecule has 10 nitrogen and oxygen atoms in total. The van der Waals surface area contributed by atoms with E-state index in [0.717, 1.165) is 16.2 Å². The zero-order valence-electron chi connectivity index (χ0n) is 18.8. The molecule has 0 atom stereocenters. The van der Waals surface area contributed by atoms with Crippen molar-refractivity contribution in [2.75, 3.05) is 33.7 Å². The van der Waals surface area contributed by atoms with Gasteiger partial charge >= 0.3 is 0 Å². The number of ether oxygens (including phenoxy) is 2. The predicted molar refractivity (Wildman–Crippen MR) is 122 cm³/mol. The van der Waals surface area contributed by atoms with Crippen LogP contribution in [0.15, 0.2) is 54.7 Å². The number of carbonyl (C=O) groups is 1. The number of methoxy groups -OCH3 is 2. The van der Waals surface area contributed by atoms with Crippen LogP contribution in [0.5, 0.6) is 11.5 Å². The first kappa shape index (κ1) is 22.0. The number of amides is 1. The average Bonchev–Trinajstić information content (AvgIpc) is 3.32. The number of rotatable bonds is 8. The lowest BCUT2D eigenvalue weighted by Gasteiger charge is -2.14. The minimum atomic E-state index is -0.381. The zero-order valence-corrected chi connectivity index (χ0v) is 18.8. The van der Waals surface area contributed by atoms with Crippen molar-refractivity contribution >= 4 is 17.5 Å². The topological polar surface area (TPSA) is 103 Å². The van der Waals surface area contributed by atoms with Crippen LogP contribution in [0.1, 0.15) is 15.9 Å². The summed E-state index contributed by atoms with van der Waals surface area (Å²) in [7, 11) is 6.13. The molecule has 0 bridgehead atoms. The van der Waals surface area contributed by atoms with Gasteiger partial charge in [0.2, 0.25) is 5.95 Å². The first-order valence-electron chi connectivity index (χ1n) is 10.1. The first-order chi connectivity index (χ1) is 16.0. The third-order valence-corrected chi connectivity index (χ3v) is 5.09. The number of benzene rings is 2. The van der Waals surface area contributed by atoms with Gasteiger partial charge in [-0.1, -0.05) is 36.4 Å². The van der Waals surface area contributed by atoms with Gasteiger partial charge in [0.25, 0.3) is 5.91 Å². The highest BCUT2D eigenvalue weighted by Gasteiger charge is 2.21. The number of carbonyl (C=O) groups excluding carboxylic acids is 1. The second-order valence-electron chi connectivity index (χ2n) is 7.06. The molecule has 2 heterocycles. The van der Waals surface area contributed by atoms with Crippen molar-refractivity contribution in [2.45, 2.75) is 6.54 Å². The summed E-state index contributed by atoms with van der Waals surface area (Å²) in [6.45, 7) is 0.439. The maximum atomic E-state index is 12.8. The molecule has 1 amide bonds. The van der Waals surface area contributed by atoms with Crippen molar-refractivity contribution in [3.05, 3.63) is 65.9 Å². The number of nitrogens with one attached hydrogen (secondary N) is 1. The van der Waals surface area contributed by atoms with Crippen LogP contribution in [-0.4, -0.2) is 58.9 Å². The fourth-order valence-corrected chi connectivity index (χ4v) is 3.28. The summed E-state index contributed by atoms with van der Waals surface area (Å²) in [6, 6.07) is 15.2. The lowest BCUT2D eigenvalue weighted by atomic mass is 10.2. The van der Waals surface area contributed by atoms with Gasteiger partial charge in [0.05, 0.1) is 21.3 Å².